The summed E-state index contributed by atoms with van der Waals surface area (Å²) in [6.07, 6.45) is 0.662. The first-order valence-corrected chi connectivity index (χ1v) is 7.54. The van der Waals surface area contributed by atoms with Crippen molar-refractivity contribution in [3.8, 4) is 0 Å². The Morgan fingerprint density at radius 1 is 1.15 bits per heavy atom. The van der Waals surface area contributed by atoms with Crippen molar-refractivity contribution in [1.82, 2.24) is 10.6 Å². The second-order valence-electron chi connectivity index (χ2n) is 4.19. The number of aliphatic carboxylic acids is 1. The van der Waals surface area contributed by atoms with Crippen LogP contribution in [0.2, 0.25) is 0 Å². The molecule has 3 N–H and O–H groups in total. The van der Waals surface area contributed by atoms with Gasteiger partial charge in [0.1, 0.15) is 0 Å². The molecule has 5 nitrogen and oxygen atoms in total. The molecule has 0 saturated heterocycles. The standard InChI is InChI=1S/C14H20N2O3S/c17-13(11-15-8-4-7-14(18)19)16-9-10-20-12-5-2-1-3-6-12/h1-3,5-6,15H,4,7-11H2,(H,16,17)(H,18,19). The van der Waals surface area contributed by atoms with Crippen molar-refractivity contribution in [1.29, 1.82) is 0 Å². The SMILES string of the molecule is O=C(O)CCCNCC(=O)NCCSc1ccccc1. The summed E-state index contributed by atoms with van der Waals surface area (Å²) in [6.45, 7) is 1.39. The summed E-state index contributed by atoms with van der Waals surface area (Å²) in [4.78, 5) is 22.9. The largest absolute Gasteiger partial charge is 0.481 e. The smallest absolute Gasteiger partial charge is 0.303 e. The van der Waals surface area contributed by atoms with Gasteiger partial charge in [0.2, 0.25) is 5.91 Å². The number of carbonyl (C=O) groups excluding carboxylic acids is 1. The molecular formula is C14H20N2O3S. The van der Waals surface area contributed by atoms with Crippen LogP contribution in [0.5, 0.6) is 0 Å². The van der Waals surface area contributed by atoms with Crippen molar-refractivity contribution in [3.05, 3.63) is 30.3 Å². The molecular weight excluding hydrogens is 276 g/mol. The van der Waals surface area contributed by atoms with Crippen LogP contribution in [-0.4, -0.2) is 42.4 Å². The predicted octanol–water partition coefficient (Wildman–Crippen LogP) is 1.35. The Morgan fingerprint density at radius 2 is 1.90 bits per heavy atom. The summed E-state index contributed by atoms with van der Waals surface area (Å²) >= 11 is 1.70. The zero-order valence-electron chi connectivity index (χ0n) is 11.3. The summed E-state index contributed by atoms with van der Waals surface area (Å²) in [5.74, 6) is -0.0439. The molecule has 1 aromatic rings. The molecule has 0 radical (unpaired) electrons. The van der Waals surface area contributed by atoms with Crippen LogP contribution in [0, 0.1) is 0 Å². The lowest BCUT2D eigenvalue weighted by molar-refractivity contribution is -0.137. The molecule has 0 fully saturated rings. The number of carboxylic acid groups (broad SMARTS) is 1. The van der Waals surface area contributed by atoms with Crippen LogP contribution in [0.4, 0.5) is 0 Å². The first kappa shape index (κ1) is 16.5. The molecule has 0 heterocycles. The second kappa shape index (κ2) is 10.3. The predicted molar refractivity (Wildman–Crippen MR) is 79.9 cm³/mol. The maximum absolute atomic E-state index is 11.5. The number of hydrogen-bond acceptors (Lipinski definition) is 4. The van der Waals surface area contributed by atoms with E-state index in [-0.39, 0.29) is 18.9 Å². The van der Waals surface area contributed by atoms with Gasteiger partial charge in [0.05, 0.1) is 6.54 Å². The molecule has 0 bridgehead atoms. The van der Waals surface area contributed by atoms with E-state index in [1.165, 1.54) is 4.90 Å². The van der Waals surface area contributed by atoms with Gasteiger partial charge in [-0.1, -0.05) is 18.2 Å². The van der Waals surface area contributed by atoms with Gasteiger partial charge in [0, 0.05) is 23.6 Å². The van der Waals surface area contributed by atoms with E-state index < -0.39 is 5.97 Å². The Balaban J connectivity index is 1.96. The number of benzene rings is 1. The summed E-state index contributed by atoms with van der Waals surface area (Å²) in [7, 11) is 0. The average Bonchev–Trinajstić information content (AvgIpc) is 2.44. The van der Waals surface area contributed by atoms with Crippen molar-refractivity contribution in [2.24, 2.45) is 0 Å². The van der Waals surface area contributed by atoms with Gasteiger partial charge in [-0.2, -0.15) is 0 Å². The Morgan fingerprint density at radius 3 is 2.60 bits per heavy atom. The minimum absolute atomic E-state index is 0.0611. The molecule has 6 heteroatoms. The quantitative estimate of drug-likeness (QED) is 0.449. The topological polar surface area (TPSA) is 78.4 Å². The molecule has 0 aliphatic carbocycles. The van der Waals surface area contributed by atoms with Crippen molar-refractivity contribution in [2.45, 2.75) is 17.7 Å². The molecule has 0 spiro atoms. The second-order valence-corrected chi connectivity index (χ2v) is 5.35. The third kappa shape index (κ3) is 8.55. The molecule has 20 heavy (non-hydrogen) atoms. The number of hydrogen-bond donors (Lipinski definition) is 3. The molecule has 1 aromatic carbocycles. The van der Waals surface area contributed by atoms with Gasteiger partial charge in [0.25, 0.3) is 0 Å². The highest BCUT2D eigenvalue weighted by molar-refractivity contribution is 7.99. The van der Waals surface area contributed by atoms with E-state index in [9.17, 15) is 9.59 Å². The molecule has 1 rings (SSSR count). The van der Waals surface area contributed by atoms with Crippen LogP contribution in [0.15, 0.2) is 35.2 Å². The molecule has 0 aromatic heterocycles. The van der Waals surface area contributed by atoms with Crippen molar-refractivity contribution in [2.75, 3.05) is 25.4 Å². The molecule has 0 unspecified atom stereocenters. The van der Waals surface area contributed by atoms with Crippen molar-refractivity contribution in [3.63, 3.8) is 0 Å². The van der Waals surface area contributed by atoms with Crippen LogP contribution in [0.1, 0.15) is 12.8 Å². The Hall–Kier alpha value is -1.53. The van der Waals surface area contributed by atoms with Gasteiger partial charge in [-0.05, 0) is 25.1 Å². The molecule has 110 valence electrons. The van der Waals surface area contributed by atoms with Gasteiger partial charge >= 0.3 is 5.97 Å². The summed E-state index contributed by atoms with van der Waals surface area (Å²) < 4.78 is 0. The molecule has 0 aliphatic rings. The maximum Gasteiger partial charge on any atom is 0.303 e. The summed E-state index contributed by atoms with van der Waals surface area (Å²) in [5, 5.41) is 14.2. The van der Waals surface area contributed by atoms with E-state index in [1.54, 1.807) is 11.8 Å². The zero-order chi connectivity index (χ0) is 14.6. The lowest BCUT2D eigenvalue weighted by Crippen LogP contribution is -2.35. The van der Waals surface area contributed by atoms with E-state index in [1.807, 2.05) is 30.3 Å². The first-order valence-electron chi connectivity index (χ1n) is 6.55. The van der Waals surface area contributed by atoms with Gasteiger partial charge in [-0.15, -0.1) is 11.8 Å². The van der Waals surface area contributed by atoms with Crippen LogP contribution in [0.25, 0.3) is 0 Å². The van der Waals surface area contributed by atoms with Crippen LogP contribution >= 0.6 is 11.8 Å². The Bertz CT molecular complexity index is 412. The number of amides is 1. The normalized spacial score (nSPS) is 10.2. The van der Waals surface area contributed by atoms with Gasteiger partial charge in [0.15, 0.2) is 0 Å². The van der Waals surface area contributed by atoms with E-state index in [0.717, 1.165) is 5.75 Å². The van der Waals surface area contributed by atoms with Crippen molar-refractivity contribution >= 4 is 23.6 Å². The number of carboxylic acids is 1. The fraction of sp³-hybridized carbons (Fsp3) is 0.429. The molecule has 0 saturated carbocycles. The van der Waals surface area contributed by atoms with Gasteiger partial charge < -0.3 is 15.7 Å². The van der Waals surface area contributed by atoms with E-state index >= 15 is 0 Å². The minimum Gasteiger partial charge on any atom is -0.481 e. The monoisotopic (exact) mass is 296 g/mol. The summed E-state index contributed by atoms with van der Waals surface area (Å²) in [5.41, 5.74) is 0. The first-order chi connectivity index (χ1) is 9.68. The zero-order valence-corrected chi connectivity index (χ0v) is 12.1. The number of carbonyl (C=O) groups is 2. The molecule has 0 aliphatic heterocycles. The van der Waals surface area contributed by atoms with E-state index in [4.69, 9.17) is 5.11 Å². The Labute approximate surface area is 123 Å². The third-order valence-corrected chi connectivity index (χ3v) is 3.48. The summed E-state index contributed by atoms with van der Waals surface area (Å²) in [6, 6.07) is 10.0. The fourth-order valence-corrected chi connectivity index (χ4v) is 2.29. The minimum atomic E-state index is -0.811. The van der Waals surface area contributed by atoms with Gasteiger partial charge in [-0.25, -0.2) is 0 Å². The lowest BCUT2D eigenvalue weighted by atomic mass is 10.3. The third-order valence-electron chi connectivity index (χ3n) is 2.47. The molecule has 1 amide bonds. The maximum atomic E-state index is 11.5. The number of rotatable bonds is 10. The fourth-order valence-electron chi connectivity index (χ4n) is 1.51. The van der Waals surface area contributed by atoms with Crippen LogP contribution in [0.3, 0.4) is 0 Å². The van der Waals surface area contributed by atoms with Crippen LogP contribution < -0.4 is 10.6 Å². The van der Waals surface area contributed by atoms with E-state index in [0.29, 0.717) is 19.5 Å². The van der Waals surface area contributed by atoms with E-state index in [2.05, 4.69) is 10.6 Å². The average molecular weight is 296 g/mol. The number of nitrogens with one attached hydrogen (secondary N) is 2. The lowest BCUT2D eigenvalue weighted by Gasteiger charge is -2.06. The molecule has 0 atom stereocenters. The Kier molecular flexibility index (Phi) is 8.49. The number of thioether (sulfide) groups is 1. The van der Waals surface area contributed by atoms with Crippen molar-refractivity contribution < 1.29 is 14.7 Å². The highest BCUT2D eigenvalue weighted by atomic mass is 32.2. The van der Waals surface area contributed by atoms with Crippen LogP contribution in [-0.2, 0) is 9.59 Å². The highest BCUT2D eigenvalue weighted by Crippen LogP contribution is 2.15. The van der Waals surface area contributed by atoms with Gasteiger partial charge in [-0.3, -0.25) is 9.59 Å². The highest BCUT2D eigenvalue weighted by Gasteiger charge is 2.01.